The molecule has 0 spiro atoms. The van der Waals surface area contributed by atoms with Crippen LogP contribution in [-0.4, -0.2) is 24.7 Å². The molecule has 0 saturated heterocycles. The third-order valence-electron chi connectivity index (χ3n) is 3.74. The van der Waals surface area contributed by atoms with Gasteiger partial charge in [-0.3, -0.25) is 5.10 Å². The number of aromatic amines is 1. The first kappa shape index (κ1) is 14.0. The quantitative estimate of drug-likeness (QED) is 0.617. The Morgan fingerprint density at radius 1 is 1.22 bits per heavy atom. The minimum atomic E-state index is 0.0955. The second-order valence-electron chi connectivity index (χ2n) is 5.26. The van der Waals surface area contributed by atoms with Crippen molar-refractivity contribution < 1.29 is 4.42 Å². The molecule has 4 heterocycles. The first-order chi connectivity index (χ1) is 11.2. The molecule has 4 aromatic rings. The van der Waals surface area contributed by atoms with Crippen LogP contribution in [0.3, 0.4) is 0 Å². The van der Waals surface area contributed by atoms with E-state index >= 15 is 0 Å². The maximum atomic E-state index is 5.93. The number of hydrogen-bond acceptors (Lipinski definition) is 5. The monoisotopic (exact) mass is 325 g/mol. The SMILES string of the molecule is Cc1nc([C@@H](C)n2ccnc2-c2ccc(-c3ccn[nH]3)o2)cs1. The average Bonchev–Trinajstić information content (AvgIpc) is 3.30. The molecule has 6 nitrogen and oxygen atoms in total. The summed E-state index contributed by atoms with van der Waals surface area (Å²) in [4.78, 5) is 9.03. The predicted molar refractivity (Wildman–Crippen MR) is 88.2 cm³/mol. The summed E-state index contributed by atoms with van der Waals surface area (Å²) in [6, 6.07) is 5.81. The van der Waals surface area contributed by atoms with Crippen LogP contribution in [0.5, 0.6) is 0 Å². The summed E-state index contributed by atoms with van der Waals surface area (Å²) >= 11 is 1.65. The van der Waals surface area contributed by atoms with Crippen LogP contribution in [0.4, 0.5) is 0 Å². The standard InChI is InChI=1S/C16H15N5OS/c1-10(13-9-23-11(2)19-13)21-8-7-17-16(21)15-4-3-14(22-15)12-5-6-18-20-12/h3-10H,1-2H3,(H,18,20)/t10-/m1/s1. The molecule has 23 heavy (non-hydrogen) atoms. The first-order valence-electron chi connectivity index (χ1n) is 7.27. The number of imidazole rings is 1. The fourth-order valence-corrected chi connectivity index (χ4v) is 3.23. The molecule has 0 fully saturated rings. The van der Waals surface area contributed by atoms with Crippen molar-refractivity contribution in [3.05, 3.63) is 52.9 Å². The van der Waals surface area contributed by atoms with Crippen LogP contribution in [0.2, 0.25) is 0 Å². The molecule has 1 N–H and O–H groups in total. The zero-order chi connectivity index (χ0) is 15.8. The van der Waals surface area contributed by atoms with Crippen molar-refractivity contribution in [1.82, 2.24) is 24.7 Å². The number of nitrogens with one attached hydrogen (secondary N) is 1. The minimum Gasteiger partial charge on any atom is -0.451 e. The van der Waals surface area contributed by atoms with E-state index in [0.29, 0.717) is 0 Å². The van der Waals surface area contributed by atoms with Gasteiger partial charge in [0.1, 0.15) is 5.69 Å². The largest absolute Gasteiger partial charge is 0.451 e. The smallest absolute Gasteiger partial charge is 0.176 e. The molecular formula is C16H15N5OS. The fraction of sp³-hybridized carbons (Fsp3) is 0.188. The van der Waals surface area contributed by atoms with Crippen LogP contribution >= 0.6 is 11.3 Å². The predicted octanol–water partition coefficient (Wildman–Crippen LogP) is 3.91. The van der Waals surface area contributed by atoms with Crippen LogP contribution < -0.4 is 0 Å². The summed E-state index contributed by atoms with van der Waals surface area (Å²) in [5, 5.41) is 9.99. The van der Waals surface area contributed by atoms with Gasteiger partial charge in [-0.25, -0.2) is 9.97 Å². The first-order valence-corrected chi connectivity index (χ1v) is 8.15. The van der Waals surface area contributed by atoms with E-state index in [1.807, 2.05) is 31.3 Å². The van der Waals surface area contributed by atoms with Crippen molar-refractivity contribution in [2.75, 3.05) is 0 Å². The van der Waals surface area contributed by atoms with Crippen LogP contribution in [0.25, 0.3) is 23.0 Å². The zero-order valence-electron chi connectivity index (χ0n) is 12.7. The number of aryl methyl sites for hydroxylation is 1. The van der Waals surface area contributed by atoms with Crippen molar-refractivity contribution in [1.29, 1.82) is 0 Å². The topological polar surface area (TPSA) is 72.5 Å². The lowest BCUT2D eigenvalue weighted by Crippen LogP contribution is -2.07. The lowest BCUT2D eigenvalue weighted by Gasteiger charge is -2.13. The van der Waals surface area contributed by atoms with Gasteiger partial charge in [-0.1, -0.05) is 0 Å². The van der Waals surface area contributed by atoms with Gasteiger partial charge >= 0.3 is 0 Å². The molecule has 0 radical (unpaired) electrons. The van der Waals surface area contributed by atoms with Gasteiger partial charge in [0.05, 0.1) is 16.7 Å². The van der Waals surface area contributed by atoms with Crippen molar-refractivity contribution in [3.8, 4) is 23.0 Å². The molecule has 116 valence electrons. The maximum Gasteiger partial charge on any atom is 0.176 e. The maximum absolute atomic E-state index is 5.93. The molecule has 4 aromatic heterocycles. The molecular weight excluding hydrogens is 310 g/mol. The molecule has 0 saturated carbocycles. The van der Waals surface area contributed by atoms with Gasteiger partial charge in [-0.05, 0) is 32.0 Å². The van der Waals surface area contributed by atoms with Crippen LogP contribution in [0.1, 0.15) is 23.7 Å². The number of H-pyrrole nitrogens is 1. The van der Waals surface area contributed by atoms with E-state index in [0.717, 1.165) is 33.7 Å². The Kier molecular flexibility index (Phi) is 3.34. The number of thiazole rings is 1. The Morgan fingerprint density at radius 3 is 2.83 bits per heavy atom. The third-order valence-corrected chi connectivity index (χ3v) is 4.54. The average molecular weight is 325 g/mol. The van der Waals surface area contributed by atoms with E-state index in [2.05, 4.69) is 37.0 Å². The molecule has 0 unspecified atom stereocenters. The van der Waals surface area contributed by atoms with Crippen molar-refractivity contribution in [2.24, 2.45) is 0 Å². The molecule has 1 atom stereocenters. The third kappa shape index (κ3) is 2.49. The molecule has 0 bridgehead atoms. The Balaban J connectivity index is 1.70. The Labute approximate surface area is 136 Å². The van der Waals surface area contributed by atoms with E-state index in [1.165, 1.54) is 0 Å². The normalized spacial score (nSPS) is 12.6. The highest BCUT2D eigenvalue weighted by atomic mass is 32.1. The summed E-state index contributed by atoms with van der Waals surface area (Å²) in [5.74, 6) is 2.25. The second-order valence-corrected chi connectivity index (χ2v) is 6.32. The van der Waals surface area contributed by atoms with Crippen LogP contribution in [0, 0.1) is 6.92 Å². The van der Waals surface area contributed by atoms with Gasteiger partial charge in [0, 0.05) is 24.0 Å². The molecule has 0 amide bonds. The Bertz CT molecular complexity index is 918. The summed E-state index contributed by atoms with van der Waals surface area (Å²) in [6.45, 7) is 4.12. The van der Waals surface area contributed by atoms with E-state index in [9.17, 15) is 0 Å². The molecule has 4 rings (SSSR count). The lowest BCUT2D eigenvalue weighted by molar-refractivity contribution is 0.567. The summed E-state index contributed by atoms with van der Waals surface area (Å²) in [5.41, 5.74) is 1.88. The highest BCUT2D eigenvalue weighted by Gasteiger charge is 2.18. The van der Waals surface area contributed by atoms with E-state index in [-0.39, 0.29) is 6.04 Å². The summed E-state index contributed by atoms with van der Waals surface area (Å²) in [7, 11) is 0. The van der Waals surface area contributed by atoms with E-state index in [4.69, 9.17) is 4.42 Å². The number of furan rings is 1. The van der Waals surface area contributed by atoms with Crippen molar-refractivity contribution in [2.45, 2.75) is 19.9 Å². The van der Waals surface area contributed by atoms with Gasteiger partial charge in [0.2, 0.25) is 0 Å². The lowest BCUT2D eigenvalue weighted by atomic mass is 10.2. The molecule has 0 aliphatic rings. The van der Waals surface area contributed by atoms with Gasteiger partial charge in [0.25, 0.3) is 0 Å². The van der Waals surface area contributed by atoms with Gasteiger partial charge in [0.15, 0.2) is 17.3 Å². The number of aromatic nitrogens is 5. The van der Waals surface area contributed by atoms with Crippen LogP contribution in [-0.2, 0) is 0 Å². The number of rotatable bonds is 4. The van der Waals surface area contributed by atoms with Crippen molar-refractivity contribution in [3.63, 3.8) is 0 Å². The van der Waals surface area contributed by atoms with Gasteiger partial charge in [-0.2, -0.15) is 5.10 Å². The minimum absolute atomic E-state index is 0.0955. The Hall–Kier alpha value is -2.67. The molecule has 0 aromatic carbocycles. The second kappa shape index (κ2) is 5.51. The van der Waals surface area contributed by atoms with Crippen LogP contribution in [0.15, 0.2) is 46.6 Å². The zero-order valence-corrected chi connectivity index (χ0v) is 13.5. The number of hydrogen-bond donors (Lipinski definition) is 1. The van der Waals surface area contributed by atoms with E-state index < -0.39 is 0 Å². The summed E-state index contributed by atoms with van der Waals surface area (Å²) in [6.07, 6.45) is 5.43. The van der Waals surface area contributed by atoms with Gasteiger partial charge < -0.3 is 8.98 Å². The summed E-state index contributed by atoms with van der Waals surface area (Å²) < 4.78 is 8.01. The van der Waals surface area contributed by atoms with Crippen molar-refractivity contribution >= 4 is 11.3 Å². The molecule has 0 aliphatic carbocycles. The number of nitrogens with zero attached hydrogens (tertiary/aromatic N) is 4. The van der Waals surface area contributed by atoms with E-state index in [1.54, 1.807) is 23.7 Å². The Morgan fingerprint density at radius 2 is 2.09 bits per heavy atom. The van der Waals surface area contributed by atoms with Gasteiger partial charge in [-0.15, -0.1) is 11.3 Å². The highest BCUT2D eigenvalue weighted by molar-refractivity contribution is 7.09. The fourth-order valence-electron chi connectivity index (χ4n) is 2.53. The molecule has 0 aliphatic heterocycles. The highest BCUT2D eigenvalue weighted by Crippen LogP contribution is 2.30. The molecule has 7 heteroatoms.